The first-order valence-corrected chi connectivity index (χ1v) is 9.56. The quantitative estimate of drug-likeness (QED) is 0.568. The number of fused-ring (bicyclic) bond motifs is 1. The molecule has 0 bridgehead atoms. The second-order valence-electron chi connectivity index (χ2n) is 5.75. The van der Waals surface area contributed by atoms with Crippen molar-refractivity contribution >= 4 is 46.1 Å². The lowest BCUT2D eigenvalue weighted by atomic mass is 10.3. The van der Waals surface area contributed by atoms with Gasteiger partial charge in [-0.3, -0.25) is 4.79 Å². The van der Waals surface area contributed by atoms with Crippen molar-refractivity contribution in [3.05, 3.63) is 48.5 Å². The number of hydrogen-bond acceptors (Lipinski definition) is 4. The number of carbonyl (C=O) groups is 2. The van der Waals surface area contributed by atoms with Crippen molar-refractivity contribution in [2.24, 2.45) is 0 Å². The van der Waals surface area contributed by atoms with E-state index in [1.165, 1.54) is 11.8 Å². The van der Waals surface area contributed by atoms with Crippen molar-refractivity contribution in [1.29, 1.82) is 0 Å². The lowest BCUT2D eigenvalue weighted by Crippen LogP contribution is -2.24. The van der Waals surface area contributed by atoms with Crippen molar-refractivity contribution in [3.8, 4) is 0 Å². The van der Waals surface area contributed by atoms with E-state index in [4.69, 9.17) is 0 Å². The summed E-state index contributed by atoms with van der Waals surface area (Å²) in [6.07, 6.45) is 0. The first-order valence-electron chi connectivity index (χ1n) is 8.57. The molecule has 0 saturated heterocycles. The molecular formula is C19H21N5O2S. The highest BCUT2D eigenvalue weighted by Gasteiger charge is 2.12. The minimum absolute atomic E-state index is 0.133. The Balaban J connectivity index is 1.63. The number of anilines is 2. The average molecular weight is 383 g/mol. The molecule has 3 amide bonds. The molecule has 3 rings (SSSR count). The zero-order chi connectivity index (χ0) is 19.2. The third-order valence-corrected chi connectivity index (χ3v) is 4.88. The van der Waals surface area contributed by atoms with Gasteiger partial charge in [0, 0.05) is 25.0 Å². The molecule has 2 aromatic carbocycles. The van der Waals surface area contributed by atoms with Crippen LogP contribution in [0.4, 0.5) is 16.2 Å². The summed E-state index contributed by atoms with van der Waals surface area (Å²) >= 11 is 1.40. The summed E-state index contributed by atoms with van der Waals surface area (Å²) in [7, 11) is 1.54. The molecule has 27 heavy (non-hydrogen) atoms. The van der Waals surface area contributed by atoms with Crippen LogP contribution in [0.3, 0.4) is 0 Å². The minimum atomic E-state index is -0.312. The van der Waals surface area contributed by atoms with Crippen LogP contribution in [-0.4, -0.2) is 34.3 Å². The third-order valence-electron chi connectivity index (χ3n) is 3.90. The van der Waals surface area contributed by atoms with Crippen LogP contribution in [0.2, 0.25) is 0 Å². The van der Waals surface area contributed by atoms with Crippen molar-refractivity contribution in [2.45, 2.75) is 18.6 Å². The molecule has 3 aromatic rings. The standard InChI is InChI=1S/C19H21N5O2S/c1-3-24-16-10-5-4-9-15(16)23-19(24)27-12-17(25)21-13-7-6-8-14(11-13)22-18(26)20-2/h4-11H,3,12H2,1-2H3,(H,21,25)(H2,20,22,26). The zero-order valence-corrected chi connectivity index (χ0v) is 16.0. The Morgan fingerprint density at radius 1 is 1.07 bits per heavy atom. The predicted molar refractivity (Wildman–Crippen MR) is 109 cm³/mol. The van der Waals surface area contributed by atoms with E-state index in [2.05, 4.69) is 32.4 Å². The van der Waals surface area contributed by atoms with Crippen LogP contribution in [0, 0.1) is 0 Å². The molecule has 0 saturated carbocycles. The molecule has 0 fully saturated rings. The number of benzene rings is 2. The molecule has 1 heterocycles. The number of aromatic nitrogens is 2. The number of para-hydroxylation sites is 2. The highest BCUT2D eigenvalue weighted by atomic mass is 32.2. The van der Waals surface area contributed by atoms with Gasteiger partial charge in [-0.25, -0.2) is 9.78 Å². The van der Waals surface area contributed by atoms with Gasteiger partial charge < -0.3 is 20.5 Å². The predicted octanol–water partition coefficient (Wildman–Crippen LogP) is 3.54. The van der Waals surface area contributed by atoms with Crippen molar-refractivity contribution in [2.75, 3.05) is 23.4 Å². The normalized spacial score (nSPS) is 10.6. The maximum atomic E-state index is 12.3. The van der Waals surface area contributed by atoms with Gasteiger partial charge in [0.05, 0.1) is 16.8 Å². The first-order chi connectivity index (χ1) is 13.1. The number of hydrogen-bond donors (Lipinski definition) is 3. The molecule has 7 nitrogen and oxygen atoms in total. The largest absolute Gasteiger partial charge is 0.341 e. The van der Waals surface area contributed by atoms with Gasteiger partial charge in [0.2, 0.25) is 5.91 Å². The Morgan fingerprint density at radius 3 is 2.56 bits per heavy atom. The maximum absolute atomic E-state index is 12.3. The topological polar surface area (TPSA) is 88.0 Å². The van der Waals surface area contributed by atoms with E-state index >= 15 is 0 Å². The van der Waals surface area contributed by atoms with Crippen LogP contribution < -0.4 is 16.0 Å². The summed E-state index contributed by atoms with van der Waals surface area (Å²) in [6.45, 7) is 2.85. The van der Waals surface area contributed by atoms with Gasteiger partial charge in [-0.05, 0) is 37.3 Å². The Labute approximate surface area is 161 Å². The molecule has 3 N–H and O–H groups in total. The van der Waals surface area contributed by atoms with Crippen LogP contribution in [0.1, 0.15) is 6.92 Å². The van der Waals surface area contributed by atoms with Crippen LogP contribution in [0.5, 0.6) is 0 Å². The van der Waals surface area contributed by atoms with E-state index in [-0.39, 0.29) is 17.7 Å². The molecule has 0 radical (unpaired) electrons. The second-order valence-corrected chi connectivity index (χ2v) is 6.69. The fourth-order valence-electron chi connectivity index (χ4n) is 2.66. The lowest BCUT2D eigenvalue weighted by Gasteiger charge is -2.09. The minimum Gasteiger partial charge on any atom is -0.341 e. The molecule has 0 spiro atoms. The van der Waals surface area contributed by atoms with Gasteiger partial charge in [0.1, 0.15) is 0 Å². The molecule has 0 aliphatic heterocycles. The maximum Gasteiger partial charge on any atom is 0.318 e. The Hall–Kier alpha value is -3.00. The number of amides is 3. The molecule has 1 aromatic heterocycles. The second kappa shape index (κ2) is 8.59. The molecule has 8 heteroatoms. The van der Waals surface area contributed by atoms with Crippen molar-refractivity contribution < 1.29 is 9.59 Å². The molecule has 0 aliphatic rings. The van der Waals surface area contributed by atoms with E-state index in [0.717, 1.165) is 22.7 Å². The van der Waals surface area contributed by atoms with Crippen LogP contribution in [0.25, 0.3) is 11.0 Å². The highest BCUT2D eigenvalue weighted by molar-refractivity contribution is 7.99. The average Bonchev–Trinajstić information content (AvgIpc) is 3.04. The van der Waals surface area contributed by atoms with Crippen molar-refractivity contribution in [3.63, 3.8) is 0 Å². The number of rotatable bonds is 6. The zero-order valence-electron chi connectivity index (χ0n) is 15.2. The molecule has 0 unspecified atom stereocenters. The number of imidazole rings is 1. The van der Waals surface area contributed by atoms with Gasteiger partial charge in [-0.15, -0.1) is 0 Å². The number of aryl methyl sites for hydroxylation is 1. The van der Waals surface area contributed by atoms with E-state index in [1.54, 1.807) is 31.3 Å². The summed E-state index contributed by atoms with van der Waals surface area (Å²) in [6, 6.07) is 14.6. The summed E-state index contributed by atoms with van der Waals surface area (Å²) in [5, 5.41) is 8.83. The lowest BCUT2D eigenvalue weighted by molar-refractivity contribution is -0.113. The fraction of sp³-hybridized carbons (Fsp3) is 0.211. The summed E-state index contributed by atoms with van der Waals surface area (Å²) in [5.41, 5.74) is 3.22. The smallest absolute Gasteiger partial charge is 0.318 e. The van der Waals surface area contributed by atoms with Gasteiger partial charge in [0.25, 0.3) is 0 Å². The first kappa shape index (κ1) is 18.8. The summed E-state index contributed by atoms with van der Waals surface area (Å²) in [5.74, 6) is 0.114. The Morgan fingerprint density at radius 2 is 1.81 bits per heavy atom. The molecule has 0 aliphatic carbocycles. The van der Waals surface area contributed by atoms with E-state index in [1.807, 2.05) is 24.3 Å². The third kappa shape index (κ3) is 4.59. The monoisotopic (exact) mass is 383 g/mol. The summed E-state index contributed by atoms with van der Waals surface area (Å²) in [4.78, 5) is 28.3. The highest BCUT2D eigenvalue weighted by Crippen LogP contribution is 2.24. The van der Waals surface area contributed by atoms with E-state index < -0.39 is 0 Å². The Kier molecular flexibility index (Phi) is 5.97. The fourth-order valence-corrected chi connectivity index (χ4v) is 3.54. The SMILES string of the molecule is CCn1c(SCC(=O)Nc2cccc(NC(=O)NC)c2)nc2ccccc21. The number of nitrogens with one attached hydrogen (secondary N) is 3. The van der Waals surface area contributed by atoms with E-state index in [0.29, 0.717) is 11.4 Å². The number of nitrogens with zero attached hydrogens (tertiary/aromatic N) is 2. The van der Waals surface area contributed by atoms with Crippen molar-refractivity contribution in [1.82, 2.24) is 14.9 Å². The molecular weight excluding hydrogens is 362 g/mol. The van der Waals surface area contributed by atoms with Crippen LogP contribution in [-0.2, 0) is 11.3 Å². The number of urea groups is 1. The summed E-state index contributed by atoms with van der Waals surface area (Å²) < 4.78 is 2.10. The van der Waals surface area contributed by atoms with Gasteiger partial charge >= 0.3 is 6.03 Å². The Bertz CT molecular complexity index is 970. The number of thioether (sulfide) groups is 1. The molecule has 140 valence electrons. The van der Waals surface area contributed by atoms with Crippen LogP contribution in [0.15, 0.2) is 53.7 Å². The van der Waals surface area contributed by atoms with Gasteiger partial charge in [-0.2, -0.15) is 0 Å². The van der Waals surface area contributed by atoms with Crippen LogP contribution >= 0.6 is 11.8 Å². The molecule has 0 atom stereocenters. The van der Waals surface area contributed by atoms with Gasteiger partial charge in [0.15, 0.2) is 5.16 Å². The van der Waals surface area contributed by atoms with E-state index in [9.17, 15) is 9.59 Å². The number of carbonyl (C=O) groups excluding carboxylic acids is 2. The van der Waals surface area contributed by atoms with Gasteiger partial charge in [-0.1, -0.05) is 30.0 Å².